The summed E-state index contributed by atoms with van der Waals surface area (Å²) < 4.78 is 3.56. The molecule has 0 aliphatic rings. The van der Waals surface area contributed by atoms with Gasteiger partial charge >= 0.3 is 0 Å². The Morgan fingerprint density at radius 1 is 1.00 bits per heavy atom. The molecule has 1 heterocycles. The highest BCUT2D eigenvalue weighted by atomic mass is 79.9. The second kappa shape index (κ2) is 5.45. The average Bonchev–Trinajstić information content (AvgIpc) is 2.81. The quantitative estimate of drug-likeness (QED) is 0.592. The van der Waals surface area contributed by atoms with E-state index in [1.807, 2.05) is 0 Å². The molecule has 0 saturated carbocycles. The molecule has 2 aromatic carbocycles. The van der Waals surface area contributed by atoms with Gasteiger partial charge in [-0.3, -0.25) is 0 Å². The fourth-order valence-corrected chi connectivity index (χ4v) is 2.92. The molecular formula is C18H18BrN. The van der Waals surface area contributed by atoms with Gasteiger partial charge in [0, 0.05) is 22.2 Å². The lowest BCUT2D eigenvalue weighted by Gasteiger charge is -2.13. The highest BCUT2D eigenvalue weighted by Gasteiger charge is 2.11. The number of fused-ring (bicyclic) bond motifs is 1. The van der Waals surface area contributed by atoms with Crippen molar-refractivity contribution in [3.8, 4) is 0 Å². The molecule has 0 aliphatic heterocycles. The van der Waals surface area contributed by atoms with Gasteiger partial charge in [-0.15, -0.1) is 0 Å². The maximum atomic E-state index is 3.49. The van der Waals surface area contributed by atoms with E-state index in [2.05, 4.69) is 88.9 Å². The van der Waals surface area contributed by atoms with Crippen LogP contribution in [-0.4, -0.2) is 4.57 Å². The van der Waals surface area contributed by atoms with Crippen LogP contribution in [0.3, 0.4) is 0 Å². The number of halogens is 1. The fourth-order valence-electron chi connectivity index (χ4n) is 2.66. The molecule has 3 rings (SSSR count). The Balaban J connectivity index is 2.09. The van der Waals surface area contributed by atoms with E-state index >= 15 is 0 Å². The number of rotatable bonds is 3. The van der Waals surface area contributed by atoms with Gasteiger partial charge in [-0.1, -0.05) is 60.1 Å². The Labute approximate surface area is 128 Å². The molecule has 0 bridgehead atoms. The minimum atomic E-state index is 0.526. The zero-order chi connectivity index (χ0) is 14.1. The van der Waals surface area contributed by atoms with E-state index in [1.165, 1.54) is 22.2 Å². The van der Waals surface area contributed by atoms with Crippen molar-refractivity contribution in [3.05, 3.63) is 70.3 Å². The maximum Gasteiger partial charge on any atom is 0.0485 e. The van der Waals surface area contributed by atoms with Crippen molar-refractivity contribution in [2.45, 2.75) is 26.3 Å². The summed E-state index contributed by atoms with van der Waals surface area (Å²) in [6.07, 6.45) is 0. The van der Waals surface area contributed by atoms with Crippen LogP contribution in [0.25, 0.3) is 10.9 Å². The van der Waals surface area contributed by atoms with Crippen molar-refractivity contribution < 1.29 is 0 Å². The summed E-state index contributed by atoms with van der Waals surface area (Å²) in [7, 11) is 0. The van der Waals surface area contributed by atoms with Crippen molar-refractivity contribution in [2.75, 3.05) is 0 Å². The van der Waals surface area contributed by atoms with E-state index in [9.17, 15) is 0 Å². The number of nitrogens with zero attached hydrogens (tertiary/aromatic N) is 1. The second-order valence-electron chi connectivity index (χ2n) is 5.50. The van der Waals surface area contributed by atoms with Gasteiger partial charge in [-0.25, -0.2) is 0 Å². The maximum absolute atomic E-state index is 3.49. The van der Waals surface area contributed by atoms with Crippen molar-refractivity contribution in [1.82, 2.24) is 4.57 Å². The SMILES string of the molecule is CC(C)c1cc2ccccc2n1Cc1ccc(Br)cc1. The molecule has 0 aliphatic carbocycles. The largest absolute Gasteiger partial charge is 0.340 e. The number of benzene rings is 2. The fraction of sp³-hybridized carbons (Fsp3) is 0.222. The van der Waals surface area contributed by atoms with Crippen molar-refractivity contribution in [3.63, 3.8) is 0 Å². The molecule has 0 atom stereocenters. The third kappa shape index (κ3) is 2.53. The Bertz CT molecular complexity index is 723. The van der Waals surface area contributed by atoms with Gasteiger partial charge in [0.1, 0.15) is 0 Å². The third-order valence-electron chi connectivity index (χ3n) is 3.69. The van der Waals surface area contributed by atoms with E-state index in [0.717, 1.165) is 11.0 Å². The van der Waals surface area contributed by atoms with E-state index in [0.29, 0.717) is 5.92 Å². The summed E-state index contributed by atoms with van der Waals surface area (Å²) in [5, 5.41) is 1.33. The normalized spacial score (nSPS) is 11.4. The van der Waals surface area contributed by atoms with Gasteiger partial charge in [0.05, 0.1) is 0 Å². The van der Waals surface area contributed by atoms with Gasteiger partial charge < -0.3 is 4.57 Å². The van der Waals surface area contributed by atoms with Crippen molar-refractivity contribution in [1.29, 1.82) is 0 Å². The molecule has 1 aromatic heterocycles. The van der Waals surface area contributed by atoms with E-state index < -0.39 is 0 Å². The number of aromatic nitrogens is 1. The van der Waals surface area contributed by atoms with Crippen molar-refractivity contribution >= 4 is 26.8 Å². The Morgan fingerprint density at radius 3 is 2.40 bits per heavy atom. The molecule has 0 N–H and O–H groups in total. The van der Waals surface area contributed by atoms with Crippen LogP contribution in [0.15, 0.2) is 59.1 Å². The first-order chi connectivity index (χ1) is 9.65. The minimum absolute atomic E-state index is 0.526. The van der Waals surface area contributed by atoms with Crippen LogP contribution in [0, 0.1) is 0 Å². The number of hydrogen-bond acceptors (Lipinski definition) is 0. The highest BCUT2D eigenvalue weighted by molar-refractivity contribution is 9.10. The topological polar surface area (TPSA) is 4.93 Å². The summed E-state index contributed by atoms with van der Waals surface area (Å²) in [5.74, 6) is 0.526. The average molecular weight is 328 g/mol. The molecule has 0 spiro atoms. The number of hydrogen-bond donors (Lipinski definition) is 0. The van der Waals surface area contributed by atoms with Gasteiger partial charge in [0.15, 0.2) is 0 Å². The summed E-state index contributed by atoms with van der Waals surface area (Å²) in [4.78, 5) is 0. The Morgan fingerprint density at radius 2 is 1.70 bits per heavy atom. The molecule has 0 amide bonds. The van der Waals surface area contributed by atoms with Gasteiger partial charge in [0.2, 0.25) is 0 Å². The molecular weight excluding hydrogens is 310 g/mol. The smallest absolute Gasteiger partial charge is 0.0485 e. The Hall–Kier alpha value is -1.54. The molecule has 0 unspecified atom stereocenters. The van der Waals surface area contributed by atoms with Crippen LogP contribution < -0.4 is 0 Å². The first-order valence-electron chi connectivity index (χ1n) is 6.98. The predicted molar refractivity (Wildman–Crippen MR) is 89.3 cm³/mol. The van der Waals surface area contributed by atoms with Crippen LogP contribution >= 0.6 is 15.9 Å². The zero-order valence-corrected chi connectivity index (χ0v) is 13.4. The molecule has 1 nitrogen and oxygen atoms in total. The van der Waals surface area contributed by atoms with Crippen LogP contribution in [-0.2, 0) is 6.54 Å². The monoisotopic (exact) mass is 327 g/mol. The van der Waals surface area contributed by atoms with Crippen LogP contribution in [0.2, 0.25) is 0 Å². The standard InChI is InChI=1S/C18H18BrN/c1-13(2)18-11-15-5-3-4-6-17(15)20(18)12-14-7-9-16(19)10-8-14/h3-11,13H,12H2,1-2H3. The van der Waals surface area contributed by atoms with Gasteiger partial charge in [0.25, 0.3) is 0 Å². The van der Waals surface area contributed by atoms with Crippen LogP contribution in [0.4, 0.5) is 0 Å². The number of para-hydroxylation sites is 1. The highest BCUT2D eigenvalue weighted by Crippen LogP contribution is 2.26. The molecule has 0 saturated heterocycles. The first-order valence-corrected chi connectivity index (χ1v) is 7.77. The minimum Gasteiger partial charge on any atom is -0.340 e. The molecule has 0 fully saturated rings. The lowest BCUT2D eigenvalue weighted by molar-refractivity contribution is 0.710. The molecule has 20 heavy (non-hydrogen) atoms. The predicted octanol–water partition coefficient (Wildman–Crippen LogP) is 5.58. The Kier molecular flexibility index (Phi) is 3.66. The summed E-state index contributed by atoms with van der Waals surface area (Å²) in [6, 6.07) is 19.5. The van der Waals surface area contributed by atoms with Crippen LogP contribution in [0.5, 0.6) is 0 Å². The molecule has 102 valence electrons. The molecule has 0 radical (unpaired) electrons. The van der Waals surface area contributed by atoms with E-state index in [-0.39, 0.29) is 0 Å². The molecule has 3 aromatic rings. The second-order valence-corrected chi connectivity index (χ2v) is 6.41. The molecule has 2 heteroatoms. The van der Waals surface area contributed by atoms with Gasteiger partial charge in [-0.05, 0) is 41.1 Å². The summed E-state index contributed by atoms with van der Waals surface area (Å²) >= 11 is 3.49. The van der Waals surface area contributed by atoms with E-state index in [4.69, 9.17) is 0 Å². The zero-order valence-electron chi connectivity index (χ0n) is 11.8. The van der Waals surface area contributed by atoms with Crippen LogP contribution in [0.1, 0.15) is 31.0 Å². The third-order valence-corrected chi connectivity index (χ3v) is 4.22. The van der Waals surface area contributed by atoms with E-state index in [1.54, 1.807) is 0 Å². The first kappa shape index (κ1) is 13.4. The lowest BCUT2D eigenvalue weighted by atomic mass is 10.1. The lowest BCUT2D eigenvalue weighted by Crippen LogP contribution is -2.05. The van der Waals surface area contributed by atoms with Gasteiger partial charge in [-0.2, -0.15) is 0 Å². The van der Waals surface area contributed by atoms with Crippen molar-refractivity contribution in [2.24, 2.45) is 0 Å². The summed E-state index contributed by atoms with van der Waals surface area (Å²) in [6.45, 7) is 5.44. The summed E-state index contributed by atoms with van der Waals surface area (Å²) in [5.41, 5.74) is 4.05.